The number of hydrogen-bond acceptors (Lipinski definition) is 9. The highest BCUT2D eigenvalue weighted by Gasteiger charge is 2.27. The summed E-state index contributed by atoms with van der Waals surface area (Å²) in [6.45, 7) is -2.85. The van der Waals surface area contributed by atoms with Crippen LogP contribution < -0.4 is 18.4 Å². The highest BCUT2D eigenvalue weighted by Crippen LogP contribution is 2.38. The fraction of sp³-hybridized carbons (Fsp3) is 0.308. The van der Waals surface area contributed by atoms with Gasteiger partial charge >= 0.3 is 22.7 Å². The van der Waals surface area contributed by atoms with E-state index in [2.05, 4.69) is 4.74 Å². The van der Waals surface area contributed by atoms with E-state index in [9.17, 15) is 32.3 Å². The molecule has 10 nitrogen and oxygen atoms in total. The largest absolute Gasteiger partial charge is 0.619 e. The van der Waals surface area contributed by atoms with Gasteiger partial charge in [-0.25, -0.2) is 4.79 Å². The number of esters is 1. The number of aromatic hydroxyl groups is 1. The minimum absolute atomic E-state index is 0.00752. The molecule has 0 saturated heterocycles. The van der Waals surface area contributed by atoms with E-state index in [4.69, 9.17) is 36.9 Å². The molecular weight excluding hydrogens is 611 g/mol. The van der Waals surface area contributed by atoms with Gasteiger partial charge in [-0.15, -0.1) is 0 Å². The molecule has 1 heterocycles. The summed E-state index contributed by atoms with van der Waals surface area (Å²) in [4.78, 5) is 13.2. The van der Waals surface area contributed by atoms with Gasteiger partial charge in [0.05, 0.1) is 18.4 Å². The van der Waals surface area contributed by atoms with Gasteiger partial charge in [0.25, 0.3) is 0 Å². The second-order valence-electron chi connectivity index (χ2n) is 9.20. The van der Waals surface area contributed by atoms with Crippen LogP contribution in [-0.4, -0.2) is 39.0 Å². The lowest BCUT2D eigenvalue weighted by Gasteiger charge is -2.21. The molecule has 220 valence electrons. The molecule has 2 aromatic carbocycles. The Morgan fingerprint density at radius 2 is 1.78 bits per heavy atom. The number of halogens is 4. The first kappa shape index (κ1) is 30.4. The van der Waals surface area contributed by atoms with E-state index in [1.165, 1.54) is 24.3 Å². The van der Waals surface area contributed by atoms with Crippen molar-refractivity contribution in [3.05, 3.63) is 80.7 Å². The first-order chi connectivity index (χ1) is 19.3. The molecule has 1 aromatic heterocycles. The summed E-state index contributed by atoms with van der Waals surface area (Å²) >= 11 is 12.5. The summed E-state index contributed by atoms with van der Waals surface area (Å²) in [5, 5.41) is 21.6. The second kappa shape index (κ2) is 12.5. The summed E-state index contributed by atoms with van der Waals surface area (Å²) in [6.07, 6.45) is 3.42. The molecule has 1 saturated carbocycles. The number of nitrogens with zero attached hydrogens (tertiary/aromatic N) is 1. The lowest BCUT2D eigenvalue weighted by atomic mass is 10.0. The van der Waals surface area contributed by atoms with Crippen molar-refractivity contribution in [2.24, 2.45) is 5.92 Å². The van der Waals surface area contributed by atoms with Gasteiger partial charge in [0.15, 0.2) is 35.4 Å². The SMILES string of the molecule is CS(=O)(=O)Oc1cc(C(=O)OC(Cc2c(Cl)c[n+]([O-])cc2Cl)c2ccc(OC(F)F)c(OCC3CC3)c2)ccc1O. The van der Waals surface area contributed by atoms with E-state index < -0.39 is 40.3 Å². The molecule has 15 heteroatoms. The Labute approximate surface area is 243 Å². The van der Waals surface area contributed by atoms with E-state index in [0.717, 1.165) is 43.6 Å². The average Bonchev–Trinajstić information content (AvgIpc) is 3.69. The van der Waals surface area contributed by atoms with Crippen LogP contribution in [0.15, 0.2) is 48.8 Å². The minimum Gasteiger partial charge on any atom is -0.619 e. The van der Waals surface area contributed by atoms with E-state index in [1.807, 2.05) is 0 Å². The van der Waals surface area contributed by atoms with Gasteiger partial charge in [0.2, 0.25) is 0 Å². The van der Waals surface area contributed by atoms with Crippen LogP contribution in [0.3, 0.4) is 0 Å². The molecule has 0 bridgehead atoms. The third-order valence-corrected chi connectivity index (χ3v) is 6.99. The number of ether oxygens (including phenoxy) is 3. The van der Waals surface area contributed by atoms with E-state index in [1.54, 1.807) is 0 Å². The fourth-order valence-corrected chi connectivity index (χ4v) is 4.79. The van der Waals surface area contributed by atoms with Crippen LogP contribution in [-0.2, 0) is 21.3 Å². The lowest BCUT2D eigenvalue weighted by molar-refractivity contribution is -0.605. The maximum Gasteiger partial charge on any atom is 0.387 e. The first-order valence-electron chi connectivity index (χ1n) is 12.0. The van der Waals surface area contributed by atoms with Crippen LogP contribution in [0.2, 0.25) is 10.0 Å². The first-order valence-corrected chi connectivity index (χ1v) is 14.6. The Balaban J connectivity index is 1.71. The number of alkyl halides is 2. The van der Waals surface area contributed by atoms with Gasteiger partial charge in [-0.1, -0.05) is 29.3 Å². The number of aromatic nitrogens is 1. The van der Waals surface area contributed by atoms with Crippen LogP contribution in [0.4, 0.5) is 8.78 Å². The second-order valence-corrected chi connectivity index (χ2v) is 11.6. The molecule has 1 aliphatic carbocycles. The van der Waals surface area contributed by atoms with Crippen LogP contribution >= 0.6 is 23.2 Å². The number of pyridine rings is 1. The Morgan fingerprint density at radius 1 is 1.10 bits per heavy atom. The van der Waals surface area contributed by atoms with Crippen LogP contribution in [0.1, 0.15) is 40.4 Å². The predicted octanol–water partition coefficient (Wildman–Crippen LogP) is 5.20. The van der Waals surface area contributed by atoms with Crippen LogP contribution in [0.25, 0.3) is 0 Å². The number of benzene rings is 2. The molecule has 1 aliphatic rings. The number of carbonyl (C=O) groups is 1. The molecule has 0 spiro atoms. The smallest absolute Gasteiger partial charge is 0.387 e. The normalized spacial score (nSPS) is 14.0. The predicted molar refractivity (Wildman–Crippen MR) is 142 cm³/mol. The summed E-state index contributed by atoms with van der Waals surface area (Å²) in [7, 11) is -4.03. The average molecular weight is 634 g/mol. The van der Waals surface area contributed by atoms with Crippen molar-refractivity contribution < 1.29 is 50.2 Å². The highest BCUT2D eigenvalue weighted by molar-refractivity contribution is 7.86. The number of phenols is 1. The van der Waals surface area contributed by atoms with Gasteiger partial charge in [-0.3, -0.25) is 0 Å². The van der Waals surface area contributed by atoms with Crippen molar-refractivity contribution >= 4 is 39.3 Å². The van der Waals surface area contributed by atoms with E-state index in [0.29, 0.717) is 4.73 Å². The Morgan fingerprint density at radius 3 is 2.39 bits per heavy atom. The Hall–Kier alpha value is -3.55. The maximum absolute atomic E-state index is 13.2. The van der Waals surface area contributed by atoms with E-state index >= 15 is 0 Å². The maximum atomic E-state index is 13.2. The fourth-order valence-electron chi connectivity index (χ4n) is 3.73. The molecule has 41 heavy (non-hydrogen) atoms. The van der Waals surface area contributed by atoms with Crippen molar-refractivity contribution in [2.45, 2.75) is 32.0 Å². The summed E-state index contributed by atoms with van der Waals surface area (Å²) < 4.78 is 70.3. The molecule has 0 aliphatic heterocycles. The molecule has 1 fully saturated rings. The van der Waals surface area contributed by atoms with E-state index in [-0.39, 0.29) is 57.2 Å². The molecule has 1 N–H and O–H groups in total. The minimum atomic E-state index is -4.03. The number of phenolic OH excluding ortho intramolecular Hbond substituents is 1. The zero-order valence-electron chi connectivity index (χ0n) is 21.3. The third-order valence-electron chi connectivity index (χ3n) is 5.86. The summed E-state index contributed by atoms with van der Waals surface area (Å²) in [6, 6.07) is 7.20. The molecule has 3 aromatic rings. The highest BCUT2D eigenvalue weighted by atomic mass is 35.5. The Kier molecular flexibility index (Phi) is 9.30. The van der Waals surface area contributed by atoms with Crippen molar-refractivity contribution in [3.8, 4) is 23.0 Å². The van der Waals surface area contributed by atoms with Crippen LogP contribution in [0, 0.1) is 11.1 Å². The molecule has 1 unspecified atom stereocenters. The zero-order chi connectivity index (χ0) is 29.9. The number of rotatable bonds is 12. The molecular formula is C26H23Cl2F2NO9S. The quantitative estimate of drug-likeness (QED) is 0.123. The zero-order valence-corrected chi connectivity index (χ0v) is 23.6. The van der Waals surface area contributed by atoms with Crippen molar-refractivity contribution in [1.29, 1.82) is 0 Å². The van der Waals surface area contributed by atoms with Crippen LogP contribution in [0.5, 0.6) is 23.0 Å². The third kappa shape index (κ3) is 8.47. The van der Waals surface area contributed by atoms with Crippen molar-refractivity contribution in [1.82, 2.24) is 0 Å². The Bertz CT molecular complexity index is 1530. The molecule has 0 amide bonds. The number of hydrogen-bond donors (Lipinski definition) is 1. The summed E-state index contributed by atoms with van der Waals surface area (Å²) in [5.41, 5.74) is 0.346. The van der Waals surface area contributed by atoms with Gasteiger partial charge < -0.3 is 28.7 Å². The molecule has 1 atom stereocenters. The van der Waals surface area contributed by atoms with Gasteiger partial charge in [0, 0.05) is 18.1 Å². The van der Waals surface area contributed by atoms with Gasteiger partial charge in [-0.2, -0.15) is 21.9 Å². The standard InChI is InChI=1S/C26H23Cl2F2NO9S/c1-41(35,36)40-23-9-16(4-6-20(23)32)25(33)38-22(10-17-18(27)11-31(34)12-19(17)28)15-5-7-21(39-26(29)30)24(8-15)37-13-14-2-3-14/h4-9,11-12,14,22,26,32H,2-3,10,13H2,1H3. The van der Waals surface area contributed by atoms with Crippen molar-refractivity contribution in [3.63, 3.8) is 0 Å². The molecule has 4 rings (SSSR count). The van der Waals surface area contributed by atoms with Gasteiger partial charge in [-0.05, 0) is 48.6 Å². The topological polar surface area (TPSA) is 135 Å². The number of carbonyl (C=O) groups excluding carboxylic acids is 1. The monoisotopic (exact) mass is 633 g/mol. The summed E-state index contributed by atoms with van der Waals surface area (Å²) in [5.74, 6) is -1.96. The lowest BCUT2D eigenvalue weighted by Crippen LogP contribution is -2.25. The van der Waals surface area contributed by atoms with Gasteiger partial charge in [0.1, 0.15) is 16.1 Å². The molecule has 0 radical (unpaired) electrons. The van der Waals surface area contributed by atoms with Crippen molar-refractivity contribution in [2.75, 3.05) is 12.9 Å².